The minimum atomic E-state index is -3.78. The number of carbonyl (C=O) groups excluding carboxylic acids is 1. The largest absolute Gasteiger partial charge is 0.496 e. The molecule has 10 heteroatoms. The zero-order chi connectivity index (χ0) is 23.5. The van der Waals surface area contributed by atoms with Gasteiger partial charge in [-0.3, -0.25) is 9.10 Å². The average molecular weight is 464 g/mol. The Bertz CT molecular complexity index is 1250. The SMILES string of the molecule is COc1ccc(C(=O)Nc2ccc(F)cc2F)cc1CN(c1ccc(F)cc1)S(C)(=O)=O. The van der Waals surface area contributed by atoms with Gasteiger partial charge in [-0.1, -0.05) is 0 Å². The molecule has 0 spiro atoms. The minimum Gasteiger partial charge on any atom is -0.496 e. The van der Waals surface area contributed by atoms with Crippen LogP contribution in [0.2, 0.25) is 0 Å². The van der Waals surface area contributed by atoms with Crippen LogP contribution in [0.15, 0.2) is 60.7 Å². The van der Waals surface area contributed by atoms with E-state index in [1.807, 2.05) is 0 Å². The summed E-state index contributed by atoms with van der Waals surface area (Å²) in [6.07, 6.45) is 0.997. The predicted molar refractivity (Wildman–Crippen MR) is 115 cm³/mol. The van der Waals surface area contributed by atoms with Crippen molar-refractivity contribution >= 4 is 27.3 Å². The smallest absolute Gasteiger partial charge is 0.255 e. The average Bonchev–Trinajstić information content (AvgIpc) is 2.73. The fourth-order valence-corrected chi connectivity index (χ4v) is 3.87. The van der Waals surface area contributed by atoms with Crippen LogP contribution in [-0.2, 0) is 16.6 Å². The zero-order valence-electron chi connectivity index (χ0n) is 17.1. The van der Waals surface area contributed by atoms with Crippen LogP contribution in [-0.4, -0.2) is 27.7 Å². The van der Waals surface area contributed by atoms with Gasteiger partial charge < -0.3 is 10.1 Å². The molecular weight excluding hydrogens is 445 g/mol. The quantitative estimate of drug-likeness (QED) is 0.565. The van der Waals surface area contributed by atoms with Gasteiger partial charge in [0.05, 0.1) is 31.3 Å². The Morgan fingerprint density at radius 1 is 0.969 bits per heavy atom. The van der Waals surface area contributed by atoms with E-state index in [-0.39, 0.29) is 23.5 Å². The van der Waals surface area contributed by atoms with Crippen LogP contribution >= 0.6 is 0 Å². The third-order valence-electron chi connectivity index (χ3n) is 4.55. The monoisotopic (exact) mass is 464 g/mol. The normalized spacial score (nSPS) is 11.2. The van der Waals surface area contributed by atoms with Crippen LogP contribution in [0.25, 0.3) is 0 Å². The summed E-state index contributed by atoms with van der Waals surface area (Å²) in [6, 6.07) is 11.9. The first kappa shape index (κ1) is 23.1. The van der Waals surface area contributed by atoms with E-state index in [0.717, 1.165) is 34.8 Å². The third-order valence-corrected chi connectivity index (χ3v) is 5.69. The molecule has 32 heavy (non-hydrogen) atoms. The number of ether oxygens (including phenoxy) is 1. The van der Waals surface area contributed by atoms with Crippen molar-refractivity contribution in [1.29, 1.82) is 0 Å². The summed E-state index contributed by atoms with van der Waals surface area (Å²) in [5.74, 6) is -2.62. The number of nitrogens with one attached hydrogen (secondary N) is 1. The lowest BCUT2D eigenvalue weighted by Gasteiger charge is -2.24. The summed E-state index contributed by atoms with van der Waals surface area (Å²) < 4.78 is 71.3. The number of methoxy groups -OCH3 is 1. The van der Waals surface area contributed by atoms with E-state index in [1.54, 1.807) is 0 Å². The number of sulfonamides is 1. The van der Waals surface area contributed by atoms with E-state index in [0.29, 0.717) is 17.4 Å². The van der Waals surface area contributed by atoms with Crippen molar-refractivity contribution in [3.8, 4) is 5.75 Å². The summed E-state index contributed by atoms with van der Waals surface area (Å²) >= 11 is 0. The van der Waals surface area contributed by atoms with Gasteiger partial charge in [0.2, 0.25) is 10.0 Å². The van der Waals surface area contributed by atoms with Crippen molar-refractivity contribution in [3.05, 3.63) is 89.2 Å². The number of hydrogen-bond acceptors (Lipinski definition) is 4. The molecule has 3 aromatic carbocycles. The van der Waals surface area contributed by atoms with E-state index in [2.05, 4.69) is 5.32 Å². The number of nitrogens with zero attached hydrogens (tertiary/aromatic N) is 1. The minimum absolute atomic E-state index is 0.0945. The molecule has 3 aromatic rings. The summed E-state index contributed by atoms with van der Waals surface area (Å²) in [5.41, 5.74) is 0.448. The Kier molecular flexibility index (Phi) is 6.73. The van der Waals surface area contributed by atoms with Gasteiger partial charge >= 0.3 is 0 Å². The number of rotatable bonds is 7. The first-order valence-electron chi connectivity index (χ1n) is 9.25. The molecule has 0 atom stereocenters. The van der Waals surface area contributed by atoms with E-state index < -0.39 is 33.4 Å². The summed E-state index contributed by atoms with van der Waals surface area (Å²) in [6.45, 7) is -0.209. The lowest BCUT2D eigenvalue weighted by Crippen LogP contribution is -2.29. The highest BCUT2D eigenvalue weighted by molar-refractivity contribution is 7.92. The molecule has 0 aliphatic heterocycles. The van der Waals surface area contributed by atoms with Gasteiger partial charge in [0.1, 0.15) is 23.2 Å². The molecular formula is C22H19F3N2O4S. The Morgan fingerprint density at radius 2 is 1.62 bits per heavy atom. The van der Waals surface area contributed by atoms with E-state index in [9.17, 15) is 26.4 Å². The second-order valence-corrected chi connectivity index (χ2v) is 8.76. The van der Waals surface area contributed by atoms with Crippen molar-refractivity contribution in [2.75, 3.05) is 23.0 Å². The van der Waals surface area contributed by atoms with Crippen LogP contribution in [0.5, 0.6) is 5.75 Å². The molecule has 0 radical (unpaired) electrons. The summed E-state index contributed by atoms with van der Waals surface area (Å²) in [4.78, 5) is 12.6. The van der Waals surface area contributed by atoms with Crippen molar-refractivity contribution in [2.24, 2.45) is 0 Å². The number of halogens is 3. The molecule has 3 rings (SSSR count). The van der Waals surface area contributed by atoms with Crippen molar-refractivity contribution < 1.29 is 31.1 Å². The number of benzene rings is 3. The lowest BCUT2D eigenvalue weighted by atomic mass is 10.1. The molecule has 0 aliphatic carbocycles. The summed E-state index contributed by atoms with van der Waals surface area (Å²) in [7, 11) is -2.39. The maximum absolute atomic E-state index is 13.9. The van der Waals surface area contributed by atoms with Crippen LogP contribution in [0.3, 0.4) is 0 Å². The van der Waals surface area contributed by atoms with Crippen molar-refractivity contribution in [3.63, 3.8) is 0 Å². The topological polar surface area (TPSA) is 75.7 Å². The highest BCUT2D eigenvalue weighted by Crippen LogP contribution is 2.27. The Morgan fingerprint density at radius 3 is 2.22 bits per heavy atom. The predicted octanol–water partition coefficient (Wildman–Crippen LogP) is 4.33. The first-order chi connectivity index (χ1) is 15.1. The molecule has 0 unspecified atom stereocenters. The fourth-order valence-electron chi connectivity index (χ4n) is 2.99. The maximum atomic E-state index is 13.9. The molecule has 0 aliphatic rings. The number of hydrogen-bond donors (Lipinski definition) is 1. The Balaban J connectivity index is 1.94. The molecule has 168 valence electrons. The fraction of sp³-hybridized carbons (Fsp3) is 0.136. The van der Waals surface area contributed by atoms with E-state index in [1.165, 1.54) is 37.4 Å². The van der Waals surface area contributed by atoms with Gasteiger partial charge in [0.25, 0.3) is 5.91 Å². The maximum Gasteiger partial charge on any atom is 0.255 e. The Hall–Kier alpha value is -3.53. The molecule has 0 heterocycles. The van der Waals surface area contributed by atoms with E-state index in [4.69, 9.17) is 4.74 Å². The molecule has 1 N–H and O–H groups in total. The van der Waals surface area contributed by atoms with Crippen LogP contribution < -0.4 is 14.4 Å². The van der Waals surface area contributed by atoms with Gasteiger partial charge in [-0.05, 0) is 54.6 Å². The molecule has 0 fully saturated rings. The van der Waals surface area contributed by atoms with Crippen molar-refractivity contribution in [1.82, 2.24) is 0 Å². The lowest BCUT2D eigenvalue weighted by molar-refractivity contribution is 0.102. The molecule has 0 saturated heterocycles. The highest BCUT2D eigenvalue weighted by Gasteiger charge is 2.21. The molecule has 6 nitrogen and oxygen atoms in total. The number of carbonyl (C=O) groups is 1. The van der Waals surface area contributed by atoms with Gasteiger partial charge in [0.15, 0.2) is 0 Å². The second kappa shape index (κ2) is 9.31. The third kappa shape index (κ3) is 5.38. The summed E-state index contributed by atoms with van der Waals surface area (Å²) in [5, 5.41) is 2.34. The van der Waals surface area contributed by atoms with Crippen LogP contribution in [0, 0.1) is 17.5 Å². The molecule has 1 amide bonds. The molecule has 0 aromatic heterocycles. The van der Waals surface area contributed by atoms with Crippen LogP contribution in [0.1, 0.15) is 15.9 Å². The highest BCUT2D eigenvalue weighted by atomic mass is 32.2. The zero-order valence-corrected chi connectivity index (χ0v) is 17.9. The van der Waals surface area contributed by atoms with Crippen LogP contribution in [0.4, 0.5) is 24.5 Å². The van der Waals surface area contributed by atoms with E-state index >= 15 is 0 Å². The second-order valence-electron chi connectivity index (χ2n) is 6.85. The van der Waals surface area contributed by atoms with Gasteiger partial charge in [-0.2, -0.15) is 0 Å². The first-order valence-corrected chi connectivity index (χ1v) is 11.1. The molecule has 0 saturated carbocycles. The number of amides is 1. The van der Waals surface area contributed by atoms with Gasteiger partial charge in [-0.25, -0.2) is 21.6 Å². The van der Waals surface area contributed by atoms with Gasteiger partial charge in [0, 0.05) is 17.2 Å². The van der Waals surface area contributed by atoms with Gasteiger partial charge in [-0.15, -0.1) is 0 Å². The molecule has 0 bridgehead atoms. The number of anilines is 2. The van der Waals surface area contributed by atoms with Crippen molar-refractivity contribution in [2.45, 2.75) is 6.54 Å². The Labute approximate surface area is 183 Å². The standard InChI is InChI=1S/C22H19F3N2O4S/c1-31-21-10-3-14(22(28)26-20-9-6-17(24)12-19(20)25)11-15(21)13-27(32(2,29)30)18-7-4-16(23)5-8-18/h3-12H,13H2,1-2H3,(H,26,28).